The summed E-state index contributed by atoms with van der Waals surface area (Å²) in [4.78, 5) is 4.03. The lowest BCUT2D eigenvalue weighted by Gasteiger charge is -2.04. The highest BCUT2D eigenvalue weighted by Crippen LogP contribution is 1.99. The van der Waals surface area contributed by atoms with Crippen LogP contribution in [0.25, 0.3) is 0 Å². The number of rotatable bonds is 1. The SMILES string of the molecule is CC(C)C(O)C#Cc1ccccn1. The highest BCUT2D eigenvalue weighted by Gasteiger charge is 2.03. The van der Waals surface area contributed by atoms with Gasteiger partial charge in [-0.3, -0.25) is 0 Å². The van der Waals surface area contributed by atoms with Crippen LogP contribution in [0.4, 0.5) is 0 Å². The first-order valence-corrected chi connectivity index (χ1v) is 4.31. The summed E-state index contributed by atoms with van der Waals surface area (Å²) >= 11 is 0. The summed E-state index contributed by atoms with van der Waals surface area (Å²) in [5.41, 5.74) is 0.696. The third-order valence-corrected chi connectivity index (χ3v) is 1.64. The number of aromatic nitrogens is 1. The Morgan fingerprint density at radius 2 is 2.15 bits per heavy atom. The molecule has 1 unspecified atom stereocenters. The van der Waals surface area contributed by atoms with Crippen molar-refractivity contribution in [2.45, 2.75) is 20.0 Å². The zero-order valence-electron chi connectivity index (χ0n) is 7.86. The van der Waals surface area contributed by atoms with Crippen molar-refractivity contribution in [2.75, 3.05) is 0 Å². The molecule has 68 valence electrons. The Bertz CT molecular complexity index is 308. The Hall–Kier alpha value is -1.33. The zero-order chi connectivity index (χ0) is 9.68. The Labute approximate surface area is 78.6 Å². The van der Waals surface area contributed by atoms with Gasteiger partial charge in [0, 0.05) is 6.20 Å². The van der Waals surface area contributed by atoms with E-state index >= 15 is 0 Å². The van der Waals surface area contributed by atoms with Gasteiger partial charge in [-0.05, 0) is 24.0 Å². The molecule has 0 fully saturated rings. The van der Waals surface area contributed by atoms with E-state index in [2.05, 4.69) is 16.8 Å². The van der Waals surface area contributed by atoms with Gasteiger partial charge in [-0.1, -0.05) is 25.8 Å². The molecule has 0 aromatic carbocycles. The van der Waals surface area contributed by atoms with Crippen LogP contribution in [-0.2, 0) is 0 Å². The van der Waals surface area contributed by atoms with E-state index in [0.29, 0.717) is 5.69 Å². The maximum absolute atomic E-state index is 9.39. The molecule has 0 amide bonds. The largest absolute Gasteiger partial charge is 0.380 e. The fourth-order valence-electron chi connectivity index (χ4n) is 0.751. The summed E-state index contributed by atoms with van der Waals surface area (Å²) in [6, 6.07) is 5.53. The molecule has 1 aromatic rings. The maximum Gasteiger partial charge on any atom is 0.117 e. The quantitative estimate of drug-likeness (QED) is 0.655. The van der Waals surface area contributed by atoms with Gasteiger partial charge in [0.2, 0.25) is 0 Å². The summed E-state index contributed by atoms with van der Waals surface area (Å²) in [5, 5.41) is 9.39. The van der Waals surface area contributed by atoms with Crippen molar-refractivity contribution in [3.8, 4) is 11.8 Å². The molecule has 0 aliphatic carbocycles. The monoisotopic (exact) mass is 175 g/mol. The van der Waals surface area contributed by atoms with E-state index in [9.17, 15) is 5.11 Å². The Kier molecular flexibility index (Phi) is 3.48. The summed E-state index contributed by atoms with van der Waals surface area (Å²) in [5.74, 6) is 5.72. The van der Waals surface area contributed by atoms with Crippen molar-refractivity contribution in [1.29, 1.82) is 0 Å². The van der Waals surface area contributed by atoms with Crippen LogP contribution in [0.5, 0.6) is 0 Å². The molecule has 0 spiro atoms. The molecule has 0 bridgehead atoms. The minimum atomic E-state index is -0.568. The van der Waals surface area contributed by atoms with Crippen molar-refractivity contribution in [2.24, 2.45) is 5.92 Å². The standard InChI is InChI=1S/C11H13NO/c1-9(2)11(13)7-6-10-5-3-4-8-12-10/h3-5,8-9,11,13H,1-2H3. The third-order valence-electron chi connectivity index (χ3n) is 1.64. The van der Waals surface area contributed by atoms with Crippen LogP contribution in [0.3, 0.4) is 0 Å². The van der Waals surface area contributed by atoms with Gasteiger partial charge in [0.1, 0.15) is 11.8 Å². The van der Waals surface area contributed by atoms with Gasteiger partial charge >= 0.3 is 0 Å². The zero-order valence-corrected chi connectivity index (χ0v) is 7.86. The molecule has 2 nitrogen and oxygen atoms in total. The molecule has 1 aromatic heterocycles. The lowest BCUT2D eigenvalue weighted by Crippen LogP contribution is -2.11. The van der Waals surface area contributed by atoms with Crippen LogP contribution in [0.15, 0.2) is 24.4 Å². The summed E-state index contributed by atoms with van der Waals surface area (Å²) < 4.78 is 0. The van der Waals surface area contributed by atoms with Gasteiger partial charge in [-0.2, -0.15) is 0 Å². The molecule has 1 N–H and O–H groups in total. The van der Waals surface area contributed by atoms with Crippen LogP contribution in [-0.4, -0.2) is 16.2 Å². The van der Waals surface area contributed by atoms with E-state index in [0.717, 1.165) is 0 Å². The molecule has 13 heavy (non-hydrogen) atoms. The van der Waals surface area contributed by atoms with Crippen LogP contribution >= 0.6 is 0 Å². The number of aliphatic hydroxyl groups excluding tert-OH is 1. The molecule has 0 aliphatic rings. The van der Waals surface area contributed by atoms with Gasteiger partial charge in [-0.15, -0.1) is 0 Å². The van der Waals surface area contributed by atoms with E-state index < -0.39 is 6.10 Å². The summed E-state index contributed by atoms with van der Waals surface area (Å²) in [7, 11) is 0. The second-order valence-corrected chi connectivity index (χ2v) is 3.17. The molecule has 2 heteroatoms. The first-order chi connectivity index (χ1) is 6.20. The molecule has 0 saturated carbocycles. The van der Waals surface area contributed by atoms with Gasteiger partial charge in [0.05, 0.1) is 0 Å². The summed E-state index contributed by atoms with van der Waals surface area (Å²) in [6.07, 6.45) is 1.12. The average Bonchev–Trinajstić information content (AvgIpc) is 2.15. The molecular formula is C11H13NO. The van der Waals surface area contributed by atoms with Gasteiger partial charge in [-0.25, -0.2) is 4.98 Å². The minimum Gasteiger partial charge on any atom is -0.380 e. The molecule has 1 heterocycles. The van der Waals surface area contributed by atoms with E-state index in [-0.39, 0.29) is 5.92 Å². The molecule has 0 radical (unpaired) electrons. The Morgan fingerprint density at radius 1 is 1.38 bits per heavy atom. The van der Waals surface area contributed by atoms with E-state index in [4.69, 9.17) is 0 Å². The number of pyridine rings is 1. The lowest BCUT2D eigenvalue weighted by atomic mass is 10.1. The molecule has 1 atom stereocenters. The second-order valence-electron chi connectivity index (χ2n) is 3.17. The van der Waals surface area contributed by atoms with E-state index in [1.807, 2.05) is 32.0 Å². The van der Waals surface area contributed by atoms with Crippen LogP contribution < -0.4 is 0 Å². The highest BCUT2D eigenvalue weighted by molar-refractivity contribution is 5.27. The van der Waals surface area contributed by atoms with Crippen molar-refractivity contribution >= 4 is 0 Å². The van der Waals surface area contributed by atoms with Crippen molar-refractivity contribution in [3.05, 3.63) is 30.1 Å². The van der Waals surface area contributed by atoms with Gasteiger partial charge in [0.15, 0.2) is 0 Å². The Balaban J connectivity index is 2.68. The fourth-order valence-corrected chi connectivity index (χ4v) is 0.751. The molecular weight excluding hydrogens is 162 g/mol. The predicted molar refractivity (Wildman–Crippen MR) is 52.0 cm³/mol. The minimum absolute atomic E-state index is 0.163. The first-order valence-electron chi connectivity index (χ1n) is 4.31. The number of hydrogen-bond acceptors (Lipinski definition) is 2. The van der Waals surface area contributed by atoms with Crippen LogP contribution in [0, 0.1) is 17.8 Å². The average molecular weight is 175 g/mol. The number of nitrogens with zero attached hydrogens (tertiary/aromatic N) is 1. The molecule has 0 aliphatic heterocycles. The van der Waals surface area contributed by atoms with Gasteiger partial charge < -0.3 is 5.11 Å². The van der Waals surface area contributed by atoms with E-state index in [1.165, 1.54) is 0 Å². The second kappa shape index (κ2) is 4.64. The van der Waals surface area contributed by atoms with Crippen molar-refractivity contribution < 1.29 is 5.11 Å². The van der Waals surface area contributed by atoms with Crippen LogP contribution in [0.2, 0.25) is 0 Å². The number of hydrogen-bond donors (Lipinski definition) is 1. The van der Waals surface area contributed by atoms with Crippen molar-refractivity contribution in [3.63, 3.8) is 0 Å². The normalized spacial score (nSPS) is 12.0. The third kappa shape index (κ3) is 3.27. The molecule has 1 rings (SSSR count). The highest BCUT2D eigenvalue weighted by atomic mass is 16.3. The smallest absolute Gasteiger partial charge is 0.117 e. The van der Waals surface area contributed by atoms with Crippen molar-refractivity contribution in [1.82, 2.24) is 4.98 Å². The number of aliphatic hydroxyl groups is 1. The van der Waals surface area contributed by atoms with Gasteiger partial charge in [0.25, 0.3) is 0 Å². The predicted octanol–water partition coefficient (Wildman–Crippen LogP) is 1.45. The fraction of sp³-hybridized carbons (Fsp3) is 0.364. The maximum atomic E-state index is 9.39. The topological polar surface area (TPSA) is 33.1 Å². The Morgan fingerprint density at radius 3 is 2.69 bits per heavy atom. The first kappa shape index (κ1) is 9.76. The lowest BCUT2D eigenvalue weighted by molar-refractivity contribution is 0.181. The van der Waals surface area contributed by atoms with E-state index in [1.54, 1.807) is 6.20 Å². The summed E-state index contributed by atoms with van der Waals surface area (Å²) in [6.45, 7) is 3.86. The molecule has 0 saturated heterocycles. The van der Waals surface area contributed by atoms with Crippen LogP contribution in [0.1, 0.15) is 19.5 Å².